The number of benzene rings is 2. The average Bonchev–Trinajstić information content (AvgIpc) is 2.41. The Morgan fingerprint density at radius 2 is 1.80 bits per heavy atom. The number of nitrogens with one attached hydrogen (secondary N) is 1. The first-order valence-electron chi connectivity index (χ1n) is 5.71. The van der Waals surface area contributed by atoms with Crippen LogP contribution in [0.2, 0.25) is 0 Å². The van der Waals surface area contributed by atoms with Crippen molar-refractivity contribution in [3.8, 4) is 5.75 Å². The van der Waals surface area contributed by atoms with Gasteiger partial charge < -0.3 is 15.8 Å². The third kappa shape index (κ3) is 3.32. The van der Waals surface area contributed by atoms with Gasteiger partial charge in [-0.2, -0.15) is 0 Å². The van der Waals surface area contributed by atoms with Gasteiger partial charge in [-0.1, -0.05) is 31.9 Å². The number of ether oxygens (including phenoxy) is 1. The van der Waals surface area contributed by atoms with Crippen molar-refractivity contribution in [3.05, 3.63) is 50.9 Å². The zero-order chi connectivity index (χ0) is 14.7. The Kier molecular flexibility index (Phi) is 4.67. The molecule has 2 rings (SSSR count). The molecule has 0 aliphatic heterocycles. The smallest absolute Gasteiger partial charge is 0.259 e. The first-order chi connectivity index (χ1) is 9.51. The van der Waals surface area contributed by atoms with E-state index in [1.165, 1.54) is 7.11 Å². The molecule has 0 radical (unpaired) electrons. The number of carbonyl (C=O) groups is 1. The van der Waals surface area contributed by atoms with Crippen molar-refractivity contribution >= 4 is 49.1 Å². The number of rotatable bonds is 3. The summed E-state index contributed by atoms with van der Waals surface area (Å²) in [6.45, 7) is 0. The quantitative estimate of drug-likeness (QED) is 0.765. The van der Waals surface area contributed by atoms with Crippen molar-refractivity contribution in [2.75, 3.05) is 18.2 Å². The second-order valence-electron chi connectivity index (χ2n) is 4.03. The van der Waals surface area contributed by atoms with Crippen LogP contribution in [0, 0.1) is 0 Å². The van der Waals surface area contributed by atoms with Crippen molar-refractivity contribution in [1.29, 1.82) is 0 Å². The Hall–Kier alpha value is -1.53. The predicted octanol–water partition coefficient (Wildman–Crippen LogP) is 4.05. The van der Waals surface area contributed by atoms with Crippen molar-refractivity contribution < 1.29 is 9.53 Å². The first-order valence-corrected chi connectivity index (χ1v) is 7.30. The standard InChI is InChI=1S/C14H12Br2N2O2/c1-20-13-5-3-8(15)6-10(13)14(19)18-12-4-2-9(16)7-11(12)17/h2-7H,17H2,1H3,(H,18,19). The Morgan fingerprint density at radius 3 is 2.45 bits per heavy atom. The summed E-state index contributed by atoms with van der Waals surface area (Å²) in [4.78, 5) is 12.3. The molecule has 0 atom stereocenters. The van der Waals surface area contributed by atoms with Gasteiger partial charge >= 0.3 is 0 Å². The minimum absolute atomic E-state index is 0.280. The predicted molar refractivity (Wildman–Crippen MR) is 87.2 cm³/mol. The van der Waals surface area contributed by atoms with Crippen molar-refractivity contribution in [1.82, 2.24) is 0 Å². The molecule has 0 aromatic heterocycles. The molecule has 0 aliphatic carbocycles. The topological polar surface area (TPSA) is 64.3 Å². The Bertz CT molecular complexity index is 660. The highest BCUT2D eigenvalue weighted by atomic mass is 79.9. The SMILES string of the molecule is COc1ccc(Br)cc1C(=O)Nc1ccc(Br)cc1N. The average molecular weight is 400 g/mol. The van der Waals surface area contributed by atoms with Gasteiger partial charge in [-0.25, -0.2) is 0 Å². The lowest BCUT2D eigenvalue weighted by Crippen LogP contribution is -2.14. The molecule has 0 heterocycles. The maximum absolute atomic E-state index is 12.3. The molecule has 0 bridgehead atoms. The molecule has 2 aromatic carbocycles. The summed E-state index contributed by atoms with van der Waals surface area (Å²) in [5.74, 6) is 0.221. The van der Waals surface area contributed by atoms with Gasteiger partial charge in [-0.15, -0.1) is 0 Å². The number of anilines is 2. The van der Waals surface area contributed by atoms with Crippen molar-refractivity contribution in [3.63, 3.8) is 0 Å². The number of hydrogen-bond donors (Lipinski definition) is 2. The van der Waals surface area contributed by atoms with E-state index in [9.17, 15) is 4.79 Å². The van der Waals surface area contributed by atoms with E-state index in [1.54, 1.807) is 24.3 Å². The molecule has 4 nitrogen and oxygen atoms in total. The van der Waals surface area contributed by atoms with Gasteiger partial charge in [0.15, 0.2) is 0 Å². The van der Waals surface area contributed by atoms with Gasteiger partial charge in [-0.3, -0.25) is 4.79 Å². The van der Waals surface area contributed by atoms with Crippen LogP contribution in [0.1, 0.15) is 10.4 Å². The summed E-state index contributed by atoms with van der Waals surface area (Å²) in [5, 5.41) is 2.77. The first kappa shape index (κ1) is 14.9. The van der Waals surface area contributed by atoms with Gasteiger partial charge in [0, 0.05) is 8.95 Å². The van der Waals surface area contributed by atoms with Crippen LogP contribution in [-0.4, -0.2) is 13.0 Å². The van der Waals surface area contributed by atoms with Crippen LogP contribution in [0.25, 0.3) is 0 Å². The van der Waals surface area contributed by atoms with Crippen LogP contribution in [0.3, 0.4) is 0 Å². The molecule has 20 heavy (non-hydrogen) atoms. The molecule has 6 heteroatoms. The molecule has 1 amide bonds. The third-order valence-corrected chi connectivity index (χ3v) is 3.65. The zero-order valence-electron chi connectivity index (χ0n) is 10.6. The van der Waals surface area contributed by atoms with Gasteiger partial charge in [0.1, 0.15) is 5.75 Å². The number of amides is 1. The highest BCUT2D eigenvalue weighted by Gasteiger charge is 2.14. The number of methoxy groups -OCH3 is 1. The molecule has 2 aromatic rings. The number of hydrogen-bond acceptors (Lipinski definition) is 3. The van der Waals surface area contributed by atoms with E-state index in [1.807, 2.05) is 12.1 Å². The highest BCUT2D eigenvalue weighted by molar-refractivity contribution is 9.10. The molecule has 3 N–H and O–H groups in total. The summed E-state index contributed by atoms with van der Waals surface area (Å²) < 4.78 is 6.84. The van der Waals surface area contributed by atoms with Crippen LogP contribution in [0.4, 0.5) is 11.4 Å². The van der Waals surface area contributed by atoms with Crippen molar-refractivity contribution in [2.45, 2.75) is 0 Å². The van der Waals surface area contributed by atoms with Gasteiger partial charge in [0.25, 0.3) is 5.91 Å². The molecule has 0 saturated carbocycles. The largest absolute Gasteiger partial charge is 0.496 e. The zero-order valence-corrected chi connectivity index (χ0v) is 13.8. The fraction of sp³-hybridized carbons (Fsp3) is 0.0714. The minimum Gasteiger partial charge on any atom is -0.496 e. The summed E-state index contributed by atoms with van der Waals surface area (Å²) in [6, 6.07) is 10.5. The Balaban J connectivity index is 2.30. The second-order valence-corrected chi connectivity index (χ2v) is 5.86. The third-order valence-electron chi connectivity index (χ3n) is 2.67. The maximum Gasteiger partial charge on any atom is 0.259 e. The summed E-state index contributed by atoms with van der Waals surface area (Å²) >= 11 is 6.66. The molecule has 0 saturated heterocycles. The number of carbonyl (C=O) groups excluding carboxylic acids is 1. The van der Waals surface area contributed by atoms with Crippen molar-refractivity contribution in [2.24, 2.45) is 0 Å². The molecule has 0 aliphatic rings. The fourth-order valence-corrected chi connectivity index (χ4v) is 2.43. The fourth-order valence-electron chi connectivity index (χ4n) is 1.69. The lowest BCUT2D eigenvalue weighted by atomic mass is 10.1. The normalized spacial score (nSPS) is 10.2. The van der Waals surface area contributed by atoms with E-state index in [0.717, 1.165) is 8.95 Å². The number of nitrogen functional groups attached to an aromatic ring is 1. The van der Waals surface area contributed by atoms with E-state index in [2.05, 4.69) is 37.2 Å². The second kappa shape index (κ2) is 6.28. The highest BCUT2D eigenvalue weighted by Crippen LogP contribution is 2.27. The van der Waals surface area contributed by atoms with E-state index in [-0.39, 0.29) is 5.91 Å². The van der Waals surface area contributed by atoms with Gasteiger partial charge in [-0.05, 0) is 36.4 Å². The van der Waals surface area contributed by atoms with Crippen LogP contribution in [0.15, 0.2) is 45.3 Å². The number of halogens is 2. The lowest BCUT2D eigenvalue weighted by Gasteiger charge is -2.11. The summed E-state index contributed by atoms with van der Waals surface area (Å²) in [6.07, 6.45) is 0. The molecule has 104 valence electrons. The van der Waals surface area contributed by atoms with Gasteiger partial charge in [0.2, 0.25) is 0 Å². The lowest BCUT2D eigenvalue weighted by molar-refractivity contribution is 0.102. The van der Waals surface area contributed by atoms with E-state index >= 15 is 0 Å². The monoisotopic (exact) mass is 398 g/mol. The molecule has 0 fully saturated rings. The molecular weight excluding hydrogens is 388 g/mol. The summed E-state index contributed by atoms with van der Waals surface area (Å²) in [7, 11) is 1.52. The van der Waals surface area contributed by atoms with Crippen LogP contribution >= 0.6 is 31.9 Å². The van der Waals surface area contributed by atoms with E-state index < -0.39 is 0 Å². The minimum atomic E-state index is -0.280. The molecule has 0 spiro atoms. The van der Waals surface area contributed by atoms with E-state index in [0.29, 0.717) is 22.7 Å². The number of nitrogens with two attached hydrogens (primary N) is 1. The molecular formula is C14H12Br2N2O2. The van der Waals surface area contributed by atoms with E-state index in [4.69, 9.17) is 10.5 Å². The molecule has 0 unspecified atom stereocenters. The summed E-state index contributed by atoms with van der Waals surface area (Å²) in [5.41, 5.74) is 7.34. The Morgan fingerprint density at radius 1 is 1.15 bits per heavy atom. The van der Waals surface area contributed by atoms with Gasteiger partial charge in [0.05, 0.1) is 24.0 Å². The van der Waals surface area contributed by atoms with Crippen LogP contribution in [-0.2, 0) is 0 Å². The van der Waals surface area contributed by atoms with Crippen LogP contribution in [0.5, 0.6) is 5.75 Å². The maximum atomic E-state index is 12.3. The van der Waals surface area contributed by atoms with Crippen LogP contribution < -0.4 is 15.8 Å². The Labute approximate surface area is 133 Å².